The molecule has 0 saturated heterocycles. The van der Waals surface area contributed by atoms with E-state index >= 15 is 0 Å². The quantitative estimate of drug-likeness (QED) is 0.468. The fourth-order valence-electron chi connectivity index (χ4n) is 2.39. The molecule has 0 aliphatic carbocycles. The van der Waals surface area contributed by atoms with Gasteiger partial charge in [0.05, 0.1) is 4.90 Å². The lowest BCUT2D eigenvalue weighted by Gasteiger charge is -2.25. The topological polar surface area (TPSA) is 57.6 Å². The van der Waals surface area contributed by atoms with Gasteiger partial charge in [-0.1, -0.05) is 31.9 Å². The first kappa shape index (κ1) is 18.1. The third-order valence-electron chi connectivity index (χ3n) is 3.56. The Hall–Kier alpha value is -1.67. The standard InChI is InChI=1S/C18H13Br2NO3S/c19-13-1-5-15(6-2-13)21(16-7-3-14(20)4-8-16)17-9-11-18(12-10-17)25(22,23)24/h1-12H,(H,22,23,24). The molecule has 0 spiro atoms. The summed E-state index contributed by atoms with van der Waals surface area (Å²) in [5.41, 5.74) is 2.62. The Kier molecular flexibility index (Phi) is 5.29. The van der Waals surface area contributed by atoms with E-state index in [0.717, 1.165) is 26.0 Å². The number of anilines is 3. The minimum absolute atomic E-state index is 0.136. The van der Waals surface area contributed by atoms with Gasteiger partial charge in [-0.15, -0.1) is 0 Å². The van der Waals surface area contributed by atoms with Gasteiger partial charge in [-0.2, -0.15) is 8.42 Å². The van der Waals surface area contributed by atoms with Crippen molar-refractivity contribution in [1.29, 1.82) is 0 Å². The second-order valence-electron chi connectivity index (χ2n) is 5.26. The minimum atomic E-state index is -4.22. The summed E-state index contributed by atoms with van der Waals surface area (Å²) in [6.45, 7) is 0. The summed E-state index contributed by atoms with van der Waals surface area (Å²) in [5.74, 6) is 0. The summed E-state index contributed by atoms with van der Waals surface area (Å²) in [7, 11) is -4.22. The van der Waals surface area contributed by atoms with Crippen molar-refractivity contribution >= 4 is 59.0 Å². The van der Waals surface area contributed by atoms with E-state index in [0.29, 0.717) is 0 Å². The zero-order valence-corrected chi connectivity index (χ0v) is 16.8. The normalized spacial score (nSPS) is 11.3. The largest absolute Gasteiger partial charge is 0.311 e. The smallest absolute Gasteiger partial charge is 0.294 e. The van der Waals surface area contributed by atoms with Crippen molar-refractivity contribution in [3.63, 3.8) is 0 Å². The summed E-state index contributed by atoms with van der Waals surface area (Å²) in [4.78, 5) is 1.86. The summed E-state index contributed by atoms with van der Waals surface area (Å²) >= 11 is 6.86. The molecule has 128 valence electrons. The molecule has 1 N–H and O–H groups in total. The molecule has 0 aromatic heterocycles. The predicted molar refractivity (Wildman–Crippen MR) is 106 cm³/mol. The van der Waals surface area contributed by atoms with Gasteiger partial charge in [-0.3, -0.25) is 4.55 Å². The zero-order chi connectivity index (χ0) is 18.0. The van der Waals surface area contributed by atoms with Crippen molar-refractivity contribution in [1.82, 2.24) is 0 Å². The average Bonchev–Trinajstić information content (AvgIpc) is 2.58. The van der Waals surface area contributed by atoms with Crippen LogP contribution in [0.2, 0.25) is 0 Å². The highest BCUT2D eigenvalue weighted by Gasteiger charge is 2.14. The molecule has 7 heteroatoms. The summed E-state index contributed by atoms with van der Waals surface area (Å²) < 4.78 is 33.6. The number of nitrogens with zero attached hydrogens (tertiary/aromatic N) is 1. The van der Waals surface area contributed by atoms with Crippen molar-refractivity contribution in [3.05, 3.63) is 81.7 Å². The van der Waals surface area contributed by atoms with Crippen LogP contribution in [0, 0.1) is 0 Å². The second kappa shape index (κ2) is 7.29. The molecule has 0 fully saturated rings. The molecule has 0 aliphatic heterocycles. The van der Waals surface area contributed by atoms with E-state index < -0.39 is 10.1 Å². The SMILES string of the molecule is O=S(=O)(O)c1ccc(N(c2ccc(Br)cc2)c2ccc(Br)cc2)cc1. The van der Waals surface area contributed by atoms with Crippen LogP contribution in [-0.2, 0) is 10.1 Å². The minimum Gasteiger partial charge on any atom is -0.311 e. The van der Waals surface area contributed by atoms with Crippen molar-refractivity contribution in [2.24, 2.45) is 0 Å². The first-order valence-corrected chi connectivity index (χ1v) is 10.3. The van der Waals surface area contributed by atoms with Crippen LogP contribution in [0.25, 0.3) is 0 Å². The molecule has 0 aliphatic rings. The zero-order valence-electron chi connectivity index (χ0n) is 12.8. The molecule has 25 heavy (non-hydrogen) atoms. The highest BCUT2D eigenvalue weighted by atomic mass is 79.9. The van der Waals surface area contributed by atoms with Gasteiger partial charge < -0.3 is 4.90 Å². The maximum absolute atomic E-state index is 11.3. The van der Waals surface area contributed by atoms with Gasteiger partial charge in [0.1, 0.15) is 0 Å². The third kappa shape index (κ3) is 4.30. The Morgan fingerprint density at radius 2 is 0.960 bits per heavy atom. The van der Waals surface area contributed by atoms with Gasteiger partial charge in [-0.25, -0.2) is 0 Å². The molecule has 0 amide bonds. The molecular formula is C18H13Br2NO3S. The molecule has 3 aromatic rings. The Morgan fingerprint density at radius 3 is 1.28 bits per heavy atom. The van der Waals surface area contributed by atoms with Gasteiger partial charge >= 0.3 is 0 Å². The Balaban J connectivity index is 2.10. The lowest BCUT2D eigenvalue weighted by atomic mass is 10.2. The molecular weight excluding hydrogens is 470 g/mol. The molecule has 0 saturated carbocycles. The van der Waals surface area contributed by atoms with Crippen LogP contribution in [0.3, 0.4) is 0 Å². The summed E-state index contributed by atoms with van der Waals surface area (Å²) in [6.07, 6.45) is 0. The highest BCUT2D eigenvalue weighted by molar-refractivity contribution is 9.10. The number of hydrogen-bond acceptors (Lipinski definition) is 3. The van der Waals surface area contributed by atoms with Crippen LogP contribution in [0.4, 0.5) is 17.1 Å². The molecule has 0 radical (unpaired) electrons. The number of hydrogen-bond donors (Lipinski definition) is 1. The Morgan fingerprint density at radius 1 is 0.640 bits per heavy atom. The number of benzene rings is 3. The lowest BCUT2D eigenvalue weighted by molar-refractivity contribution is 0.483. The summed E-state index contributed by atoms with van der Waals surface area (Å²) in [6, 6.07) is 21.7. The molecule has 4 nitrogen and oxygen atoms in total. The highest BCUT2D eigenvalue weighted by Crippen LogP contribution is 2.35. The molecule has 3 rings (SSSR count). The lowest BCUT2D eigenvalue weighted by Crippen LogP contribution is -2.10. The monoisotopic (exact) mass is 481 g/mol. The van der Waals surface area contributed by atoms with Gasteiger partial charge in [-0.05, 0) is 72.8 Å². The maximum atomic E-state index is 11.3. The average molecular weight is 483 g/mol. The van der Waals surface area contributed by atoms with E-state index in [2.05, 4.69) is 31.9 Å². The summed E-state index contributed by atoms with van der Waals surface area (Å²) in [5, 5.41) is 0. The van der Waals surface area contributed by atoms with Crippen molar-refractivity contribution in [3.8, 4) is 0 Å². The molecule has 0 unspecified atom stereocenters. The van der Waals surface area contributed by atoms with Crippen LogP contribution in [0.15, 0.2) is 86.6 Å². The second-order valence-corrected chi connectivity index (χ2v) is 8.51. The van der Waals surface area contributed by atoms with Crippen LogP contribution < -0.4 is 4.90 Å². The molecule has 3 aromatic carbocycles. The molecule has 0 heterocycles. The van der Waals surface area contributed by atoms with Crippen molar-refractivity contribution in [2.45, 2.75) is 4.90 Å². The van der Waals surface area contributed by atoms with Crippen molar-refractivity contribution in [2.75, 3.05) is 4.90 Å². The van der Waals surface area contributed by atoms with E-state index in [9.17, 15) is 8.42 Å². The number of rotatable bonds is 4. The van der Waals surface area contributed by atoms with E-state index in [1.54, 1.807) is 12.1 Å². The number of halogens is 2. The first-order chi connectivity index (χ1) is 11.8. The fraction of sp³-hybridized carbons (Fsp3) is 0. The van der Waals surface area contributed by atoms with Gasteiger partial charge in [0.25, 0.3) is 10.1 Å². The Bertz CT molecular complexity index is 925. The van der Waals surface area contributed by atoms with Crippen LogP contribution in [0.1, 0.15) is 0 Å². The van der Waals surface area contributed by atoms with Gasteiger partial charge in [0.2, 0.25) is 0 Å². The molecule has 0 bridgehead atoms. The van der Waals surface area contributed by atoms with Crippen LogP contribution in [-0.4, -0.2) is 13.0 Å². The third-order valence-corrected chi connectivity index (χ3v) is 5.49. The van der Waals surface area contributed by atoms with Crippen LogP contribution in [0.5, 0.6) is 0 Å². The molecule has 0 atom stereocenters. The van der Waals surface area contributed by atoms with Gasteiger partial charge in [0.15, 0.2) is 0 Å². The first-order valence-electron chi connectivity index (χ1n) is 7.23. The van der Waals surface area contributed by atoms with E-state index in [1.165, 1.54) is 12.1 Å². The van der Waals surface area contributed by atoms with Crippen LogP contribution >= 0.6 is 31.9 Å². The van der Waals surface area contributed by atoms with E-state index in [1.807, 2.05) is 53.4 Å². The predicted octanol–water partition coefficient (Wildman–Crippen LogP) is 5.93. The maximum Gasteiger partial charge on any atom is 0.294 e. The fourth-order valence-corrected chi connectivity index (χ4v) is 3.40. The van der Waals surface area contributed by atoms with Crippen molar-refractivity contribution < 1.29 is 13.0 Å². The van der Waals surface area contributed by atoms with E-state index in [-0.39, 0.29) is 4.90 Å². The van der Waals surface area contributed by atoms with E-state index in [4.69, 9.17) is 4.55 Å². The van der Waals surface area contributed by atoms with Gasteiger partial charge in [0, 0.05) is 26.0 Å². The Labute approximate surface area is 163 Å².